The fraction of sp³-hybridized carbons (Fsp3) is 0.111. The molecule has 0 amide bonds. The average Bonchev–Trinajstić information content (AvgIpc) is 2.07. The van der Waals surface area contributed by atoms with E-state index in [9.17, 15) is 4.39 Å². The van der Waals surface area contributed by atoms with E-state index in [1.54, 1.807) is 0 Å². The summed E-state index contributed by atoms with van der Waals surface area (Å²) in [7, 11) is 0. The molecule has 0 unspecified atom stereocenters. The molecule has 0 saturated heterocycles. The van der Waals surface area contributed by atoms with Crippen LogP contribution in [0, 0.1) is 5.82 Å². The van der Waals surface area contributed by atoms with E-state index >= 15 is 0 Å². The highest BCUT2D eigenvalue weighted by molar-refractivity contribution is 5.52. The van der Waals surface area contributed by atoms with Crippen LogP contribution < -0.4 is 0 Å². The Morgan fingerprint density at radius 1 is 1.42 bits per heavy atom. The van der Waals surface area contributed by atoms with Gasteiger partial charge in [-0.3, -0.25) is 0 Å². The lowest BCUT2D eigenvalue weighted by atomic mass is 10.2. The van der Waals surface area contributed by atoms with Crippen LogP contribution in [0.2, 0.25) is 0 Å². The summed E-state index contributed by atoms with van der Waals surface area (Å²) in [6.07, 6.45) is 2.81. The van der Waals surface area contributed by atoms with Crippen molar-refractivity contribution in [1.82, 2.24) is 0 Å². The molecule has 0 atom stereocenters. The van der Waals surface area contributed by atoms with E-state index in [0.29, 0.717) is 0 Å². The van der Waals surface area contributed by atoms with E-state index in [0.717, 1.165) is 0 Å². The molecular weight excluding hydrogens is 159 g/mol. The van der Waals surface area contributed by atoms with Crippen molar-refractivity contribution in [1.29, 1.82) is 0 Å². The van der Waals surface area contributed by atoms with E-state index < -0.39 is 5.82 Å². The first-order valence-electron chi connectivity index (χ1n) is 3.50. The van der Waals surface area contributed by atoms with E-state index in [1.165, 1.54) is 30.4 Å². The number of phenols is 1. The third kappa shape index (κ3) is 2.07. The molecule has 0 heterocycles. The van der Waals surface area contributed by atoms with Crippen LogP contribution in [0.3, 0.4) is 0 Å². The quantitative estimate of drug-likeness (QED) is 0.703. The van der Waals surface area contributed by atoms with Gasteiger partial charge in [0.1, 0.15) is 11.6 Å². The van der Waals surface area contributed by atoms with Crippen molar-refractivity contribution >= 4 is 6.08 Å². The SMILES string of the molecule is OCC=Cc1cc(O)ccc1F. The first kappa shape index (κ1) is 8.74. The van der Waals surface area contributed by atoms with Crippen LogP contribution in [0.5, 0.6) is 5.75 Å². The Bertz CT molecular complexity index is 295. The third-order valence-corrected chi connectivity index (χ3v) is 1.38. The van der Waals surface area contributed by atoms with Crippen LogP contribution in [0.25, 0.3) is 6.08 Å². The Hall–Kier alpha value is -1.35. The molecule has 0 aliphatic heterocycles. The fourth-order valence-electron chi connectivity index (χ4n) is 0.839. The first-order chi connectivity index (χ1) is 5.74. The maximum atomic E-state index is 12.8. The second-order valence-corrected chi connectivity index (χ2v) is 2.29. The molecule has 1 rings (SSSR count). The number of benzene rings is 1. The lowest BCUT2D eigenvalue weighted by Crippen LogP contribution is -1.81. The van der Waals surface area contributed by atoms with E-state index in [-0.39, 0.29) is 17.9 Å². The molecule has 1 aromatic carbocycles. The molecule has 0 saturated carbocycles. The zero-order chi connectivity index (χ0) is 8.97. The van der Waals surface area contributed by atoms with Gasteiger partial charge in [-0.15, -0.1) is 0 Å². The van der Waals surface area contributed by atoms with E-state index in [4.69, 9.17) is 10.2 Å². The summed E-state index contributed by atoms with van der Waals surface area (Å²) in [5, 5.41) is 17.4. The molecule has 0 fully saturated rings. The monoisotopic (exact) mass is 168 g/mol. The molecule has 0 aromatic heterocycles. The summed E-state index contributed by atoms with van der Waals surface area (Å²) in [5.41, 5.74) is 0.268. The number of rotatable bonds is 2. The molecule has 0 aliphatic rings. The Morgan fingerprint density at radius 2 is 2.17 bits per heavy atom. The van der Waals surface area contributed by atoms with Crippen molar-refractivity contribution in [3.63, 3.8) is 0 Å². The largest absolute Gasteiger partial charge is 0.508 e. The van der Waals surface area contributed by atoms with Gasteiger partial charge in [0.05, 0.1) is 6.61 Å². The predicted octanol–water partition coefficient (Wildman–Crippen LogP) is 1.54. The van der Waals surface area contributed by atoms with Crippen LogP contribution in [-0.2, 0) is 0 Å². The Kier molecular flexibility index (Phi) is 2.82. The number of hydrogen-bond acceptors (Lipinski definition) is 2. The number of aliphatic hydroxyl groups excluding tert-OH is 1. The van der Waals surface area contributed by atoms with Crippen LogP contribution >= 0.6 is 0 Å². The van der Waals surface area contributed by atoms with Crippen LogP contribution in [0.4, 0.5) is 4.39 Å². The number of halogens is 1. The lowest BCUT2D eigenvalue weighted by Gasteiger charge is -1.96. The molecule has 1 aromatic rings. The standard InChI is InChI=1S/C9H9FO2/c10-9-4-3-8(12)6-7(9)2-1-5-11/h1-4,6,11-12H,5H2. The minimum absolute atomic E-state index is 0.00832. The van der Waals surface area contributed by atoms with Crippen molar-refractivity contribution < 1.29 is 14.6 Å². The van der Waals surface area contributed by atoms with Crippen molar-refractivity contribution in [3.05, 3.63) is 35.7 Å². The molecule has 12 heavy (non-hydrogen) atoms. The molecule has 2 nitrogen and oxygen atoms in total. The van der Waals surface area contributed by atoms with E-state index in [2.05, 4.69) is 0 Å². The predicted molar refractivity (Wildman–Crippen MR) is 44.2 cm³/mol. The molecule has 2 N–H and O–H groups in total. The Labute approximate surface area is 69.6 Å². The van der Waals surface area contributed by atoms with Crippen LogP contribution in [0.1, 0.15) is 5.56 Å². The number of aliphatic hydroxyl groups is 1. The fourth-order valence-corrected chi connectivity index (χ4v) is 0.839. The van der Waals surface area contributed by atoms with Crippen molar-refractivity contribution in [3.8, 4) is 5.75 Å². The summed E-state index contributed by atoms with van der Waals surface area (Å²) in [6.45, 7) is -0.144. The van der Waals surface area contributed by atoms with Crippen molar-refractivity contribution in [2.75, 3.05) is 6.61 Å². The highest BCUT2D eigenvalue weighted by Crippen LogP contribution is 2.16. The molecule has 0 bridgehead atoms. The zero-order valence-electron chi connectivity index (χ0n) is 6.37. The number of aromatic hydroxyl groups is 1. The molecule has 64 valence electrons. The molecule has 3 heteroatoms. The van der Waals surface area contributed by atoms with Crippen molar-refractivity contribution in [2.45, 2.75) is 0 Å². The smallest absolute Gasteiger partial charge is 0.130 e. The highest BCUT2D eigenvalue weighted by Gasteiger charge is 1.98. The molecular formula is C9H9FO2. The van der Waals surface area contributed by atoms with Gasteiger partial charge in [-0.2, -0.15) is 0 Å². The summed E-state index contributed by atoms with van der Waals surface area (Å²) in [4.78, 5) is 0. The van der Waals surface area contributed by atoms with Gasteiger partial charge in [0.2, 0.25) is 0 Å². The lowest BCUT2D eigenvalue weighted by molar-refractivity contribution is 0.343. The van der Waals surface area contributed by atoms with Gasteiger partial charge in [-0.1, -0.05) is 12.2 Å². The first-order valence-corrected chi connectivity index (χ1v) is 3.50. The Morgan fingerprint density at radius 3 is 2.83 bits per heavy atom. The summed E-state index contributed by atoms with van der Waals surface area (Å²) < 4.78 is 12.8. The molecule has 0 aliphatic carbocycles. The van der Waals surface area contributed by atoms with Crippen molar-refractivity contribution in [2.24, 2.45) is 0 Å². The Balaban J connectivity index is 2.97. The second kappa shape index (κ2) is 3.88. The van der Waals surface area contributed by atoms with Gasteiger partial charge in [0, 0.05) is 5.56 Å². The van der Waals surface area contributed by atoms with Crippen LogP contribution in [-0.4, -0.2) is 16.8 Å². The highest BCUT2D eigenvalue weighted by atomic mass is 19.1. The molecule has 0 radical (unpaired) electrons. The maximum absolute atomic E-state index is 12.8. The van der Waals surface area contributed by atoms with Gasteiger partial charge < -0.3 is 10.2 Å². The summed E-state index contributed by atoms with van der Waals surface area (Å²) in [5.74, 6) is -0.411. The number of phenolic OH excluding ortho intramolecular Hbond substituents is 1. The van der Waals surface area contributed by atoms with Gasteiger partial charge >= 0.3 is 0 Å². The van der Waals surface area contributed by atoms with Gasteiger partial charge in [0.15, 0.2) is 0 Å². The minimum atomic E-state index is -0.419. The van der Waals surface area contributed by atoms with E-state index in [1.807, 2.05) is 0 Å². The normalized spacial score (nSPS) is 10.8. The summed E-state index contributed by atoms with van der Waals surface area (Å²) >= 11 is 0. The van der Waals surface area contributed by atoms with Gasteiger partial charge in [-0.05, 0) is 18.2 Å². The maximum Gasteiger partial charge on any atom is 0.130 e. The minimum Gasteiger partial charge on any atom is -0.508 e. The molecule has 0 spiro atoms. The number of hydrogen-bond donors (Lipinski definition) is 2. The third-order valence-electron chi connectivity index (χ3n) is 1.38. The van der Waals surface area contributed by atoms with Gasteiger partial charge in [0.25, 0.3) is 0 Å². The zero-order valence-corrected chi connectivity index (χ0v) is 6.37. The summed E-state index contributed by atoms with van der Waals surface area (Å²) in [6, 6.07) is 3.74. The topological polar surface area (TPSA) is 40.5 Å². The average molecular weight is 168 g/mol. The van der Waals surface area contributed by atoms with Crippen LogP contribution in [0.15, 0.2) is 24.3 Å². The second-order valence-electron chi connectivity index (χ2n) is 2.29. The van der Waals surface area contributed by atoms with Gasteiger partial charge in [-0.25, -0.2) is 4.39 Å².